The zero-order valence-electron chi connectivity index (χ0n) is 18.0. The standard InChI is InChI=1S/C26H28N2O4/c29-25(27-18-23(24-10-7-17-31-24)28-15-5-2-6-16-28)19-32-22-13-11-21(12-14-22)26(30)20-8-3-1-4-9-20/h1,3-4,7-14,17,23H,2,5-6,15-16,18-19H2,(H,27,29)/t23-/m0/s1. The van der Waals surface area contributed by atoms with Gasteiger partial charge < -0.3 is 14.5 Å². The maximum Gasteiger partial charge on any atom is 0.258 e. The Morgan fingerprint density at radius 1 is 0.906 bits per heavy atom. The lowest BCUT2D eigenvalue weighted by Gasteiger charge is -2.33. The molecule has 3 aromatic rings. The molecule has 0 saturated carbocycles. The van der Waals surface area contributed by atoms with E-state index in [1.807, 2.05) is 30.3 Å². The van der Waals surface area contributed by atoms with Crippen molar-refractivity contribution in [1.82, 2.24) is 10.2 Å². The normalized spacial score (nSPS) is 15.1. The number of benzene rings is 2. The van der Waals surface area contributed by atoms with Crippen LogP contribution < -0.4 is 10.1 Å². The number of carbonyl (C=O) groups is 2. The summed E-state index contributed by atoms with van der Waals surface area (Å²) in [6.07, 6.45) is 5.24. The zero-order chi connectivity index (χ0) is 22.2. The number of ketones is 1. The topological polar surface area (TPSA) is 71.8 Å². The third kappa shape index (κ3) is 5.65. The van der Waals surface area contributed by atoms with Crippen molar-refractivity contribution in [3.63, 3.8) is 0 Å². The fourth-order valence-electron chi connectivity index (χ4n) is 3.99. The van der Waals surface area contributed by atoms with E-state index in [0.717, 1.165) is 31.7 Å². The van der Waals surface area contributed by atoms with Gasteiger partial charge in [-0.25, -0.2) is 0 Å². The Labute approximate surface area is 188 Å². The second-order valence-electron chi connectivity index (χ2n) is 7.94. The Bertz CT molecular complexity index is 994. The van der Waals surface area contributed by atoms with E-state index in [0.29, 0.717) is 23.4 Å². The lowest BCUT2D eigenvalue weighted by Crippen LogP contribution is -2.41. The first-order valence-electron chi connectivity index (χ1n) is 11.1. The molecule has 0 radical (unpaired) electrons. The van der Waals surface area contributed by atoms with Crippen molar-refractivity contribution in [3.8, 4) is 5.75 Å². The molecular formula is C26H28N2O4. The van der Waals surface area contributed by atoms with Gasteiger partial charge in [-0.15, -0.1) is 0 Å². The average Bonchev–Trinajstić information content (AvgIpc) is 3.39. The SMILES string of the molecule is O=C(COc1ccc(C(=O)c2ccccc2)cc1)NC[C@@H](c1ccco1)N1CCCCC1. The molecule has 1 aliphatic rings. The van der Waals surface area contributed by atoms with Crippen LogP contribution in [0.25, 0.3) is 0 Å². The molecule has 1 N–H and O–H groups in total. The van der Waals surface area contributed by atoms with E-state index in [-0.39, 0.29) is 24.3 Å². The first-order chi connectivity index (χ1) is 15.7. The number of amides is 1. The summed E-state index contributed by atoms with van der Waals surface area (Å²) < 4.78 is 11.2. The number of likely N-dealkylation sites (tertiary alicyclic amines) is 1. The van der Waals surface area contributed by atoms with Crippen LogP contribution in [-0.4, -0.2) is 42.8 Å². The zero-order valence-corrected chi connectivity index (χ0v) is 18.0. The number of furan rings is 1. The van der Waals surface area contributed by atoms with Crippen LogP contribution in [0.1, 0.15) is 47.0 Å². The van der Waals surface area contributed by atoms with E-state index >= 15 is 0 Å². The number of nitrogens with zero attached hydrogens (tertiary/aromatic N) is 1. The van der Waals surface area contributed by atoms with E-state index in [1.54, 1.807) is 42.7 Å². The third-order valence-electron chi connectivity index (χ3n) is 5.72. The van der Waals surface area contributed by atoms with Crippen molar-refractivity contribution in [3.05, 3.63) is 89.9 Å². The van der Waals surface area contributed by atoms with Crippen LogP contribution in [0.3, 0.4) is 0 Å². The predicted molar refractivity (Wildman–Crippen MR) is 122 cm³/mol. The molecule has 1 amide bonds. The maximum atomic E-state index is 12.5. The van der Waals surface area contributed by atoms with Crippen molar-refractivity contribution < 1.29 is 18.7 Å². The van der Waals surface area contributed by atoms with Gasteiger partial charge in [-0.2, -0.15) is 0 Å². The number of ether oxygens (including phenoxy) is 1. The fraction of sp³-hybridized carbons (Fsp3) is 0.308. The first kappa shape index (κ1) is 21.8. The van der Waals surface area contributed by atoms with Gasteiger partial charge in [0.1, 0.15) is 11.5 Å². The van der Waals surface area contributed by atoms with E-state index in [2.05, 4.69) is 10.2 Å². The molecule has 2 heterocycles. The molecule has 1 saturated heterocycles. The van der Waals surface area contributed by atoms with E-state index in [4.69, 9.17) is 9.15 Å². The number of hydrogen-bond donors (Lipinski definition) is 1. The second kappa shape index (κ2) is 10.8. The molecule has 166 valence electrons. The van der Waals surface area contributed by atoms with Crippen molar-refractivity contribution in [2.45, 2.75) is 25.3 Å². The molecule has 6 nitrogen and oxygen atoms in total. The van der Waals surface area contributed by atoms with Crippen LogP contribution in [0, 0.1) is 0 Å². The number of hydrogen-bond acceptors (Lipinski definition) is 5. The summed E-state index contributed by atoms with van der Waals surface area (Å²) in [5.74, 6) is 1.18. The largest absolute Gasteiger partial charge is 0.484 e. The van der Waals surface area contributed by atoms with Crippen molar-refractivity contribution in [2.24, 2.45) is 0 Å². The number of rotatable bonds is 9. The molecule has 0 bridgehead atoms. The molecule has 0 aliphatic carbocycles. The molecule has 0 unspecified atom stereocenters. The Morgan fingerprint density at radius 3 is 2.31 bits per heavy atom. The molecule has 0 spiro atoms. The highest BCUT2D eigenvalue weighted by atomic mass is 16.5. The molecule has 1 aliphatic heterocycles. The highest BCUT2D eigenvalue weighted by Gasteiger charge is 2.25. The summed E-state index contributed by atoms with van der Waals surface area (Å²) in [4.78, 5) is 27.2. The third-order valence-corrected chi connectivity index (χ3v) is 5.72. The highest BCUT2D eigenvalue weighted by molar-refractivity contribution is 6.08. The Morgan fingerprint density at radius 2 is 1.62 bits per heavy atom. The van der Waals surface area contributed by atoms with E-state index < -0.39 is 0 Å². The molecule has 4 rings (SSSR count). The van der Waals surface area contributed by atoms with Crippen LogP contribution in [0.2, 0.25) is 0 Å². The molecular weight excluding hydrogens is 404 g/mol. The smallest absolute Gasteiger partial charge is 0.258 e. The minimum atomic E-state index is -0.192. The van der Waals surface area contributed by atoms with Crippen LogP contribution in [0.4, 0.5) is 0 Å². The summed E-state index contributed by atoms with van der Waals surface area (Å²) in [7, 11) is 0. The van der Waals surface area contributed by atoms with Gasteiger partial charge in [0, 0.05) is 17.7 Å². The summed E-state index contributed by atoms with van der Waals surface area (Å²) >= 11 is 0. The van der Waals surface area contributed by atoms with Gasteiger partial charge in [-0.05, 0) is 62.3 Å². The fourth-order valence-corrected chi connectivity index (χ4v) is 3.99. The van der Waals surface area contributed by atoms with Crippen LogP contribution in [-0.2, 0) is 4.79 Å². The Hall–Kier alpha value is -3.38. The van der Waals surface area contributed by atoms with Crippen LogP contribution in [0.15, 0.2) is 77.4 Å². The Kier molecular flexibility index (Phi) is 7.35. The van der Waals surface area contributed by atoms with Crippen molar-refractivity contribution in [2.75, 3.05) is 26.2 Å². The monoisotopic (exact) mass is 432 g/mol. The second-order valence-corrected chi connectivity index (χ2v) is 7.94. The van der Waals surface area contributed by atoms with Gasteiger partial charge in [-0.3, -0.25) is 14.5 Å². The maximum absolute atomic E-state index is 12.5. The molecule has 1 aromatic heterocycles. The molecule has 32 heavy (non-hydrogen) atoms. The number of piperidine rings is 1. The van der Waals surface area contributed by atoms with Crippen LogP contribution in [0.5, 0.6) is 5.75 Å². The first-order valence-corrected chi connectivity index (χ1v) is 11.1. The van der Waals surface area contributed by atoms with Gasteiger partial charge >= 0.3 is 0 Å². The Balaban J connectivity index is 1.28. The van der Waals surface area contributed by atoms with Gasteiger partial charge in [0.15, 0.2) is 12.4 Å². The summed E-state index contributed by atoms with van der Waals surface area (Å²) in [6.45, 7) is 2.40. The van der Waals surface area contributed by atoms with E-state index in [9.17, 15) is 9.59 Å². The van der Waals surface area contributed by atoms with E-state index in [1.165, 1.54) is 6.42 Å². The highest BCUT2D eigenvalue weighted by Crippen LogP contribution is 2.24. The lowest BCUT2D eigenvalue weighted by atomic mass is 10.0. The quantitative estimate of drug-likeness (QED) is 0.512. The van der Waals surface area contributed by atoms with Crippen molar-refractivity contribution >= 4 is 11.7 Å². The summed E-state index contributed by atoms with van der Waals surface area (Å²) in [5, 5.41) is 2.97. The number of nitrogens with one attached hydrogen (secondary N) is 1. The minimum absolute atomic E-state index is 0.0255. The van der Waals surface area contributed by atoms with Gasteiger partial charge in [-0.1, -0.05) is 36.8 Å². The van der Waals surface area contributed by atoms with Crippen LogP contribution >= 0.6 is 0 Å². The molecule has 1 atom stereocenters. The molecule has 6 heteroatoms. The van der Waals surface area contributed by atoms with Crippen molar-refractivity contribution in [1.29, 1.82) is 0 Å². The number of carbonyl (C=O) groups excluding carboxylic acids is 2. The summed E-state index contributed by atoms with van der Waals surface area (Å²) in [5.41, 5.74) is 1.22. The molecule has 1 fully saturated rings. The average molecular weight is 433 g/mol. The minimum Gasteiger partial charge on any atom is -0.484 e. The summed E-state index contributed by atoms with van der Waals surface area (Å²) in [6, 6.07) is 19.8. The molecule has 2 aromatic carbocycles. The predicted octanol–water partition coefficient (Wildman–Crippen LogP) is 4.23. The van der Waals surface area contributed by atoms with Gasteiger partial charge in [0.2, 0.25) is 0 Å². The lowest BCUT2D eigenvalue weighted by molar-refractivity contribution is -0.123. The van der Waals surface area contributed by atoms with Gasteiger partial charge in [0.25, 0.3) is 5.91 Å². The van der Waals surface area contributed by atoms with Gasteiger partial charge in [0.05, 0.1) is 12.3 Å².